The first-order valence-corrected chi connectivity index (χ1v) is 8.57. The zero-order chi connectivity index (χ0) is 19.0. The average Bonchev–Trinajstić information content (AvgIpc) is 2.67. The van der Waals surface area contributed by atoms with E-state index < -0.39 is 11.7 Å². The number of rotatable bonds is 2. The number of hydrogen-bond donors (Lipinski definition) is 0. The van der Waals surface area contributed by atoms with Crippen molar-refractivity contribution in [2.45, 2.75) is 13.1 Å². The minimum atomic E-state index is -4.43. The van der Waals surface area contributed by atoms with Crippen molar-refractivity contribution in [3.63, 3.8) is 0 Å². The van der Waals surface area contributed by atoms with Gasteiger partial charge in [-0.15, -0.1) is 0 Å². The van der Waals surface area contributed by atoms with Gasteiger partial charge in [0.2, 0.25) is 0 Å². The summed E-state index contributed by atoms with van der Waals surface area (Å²) in [5.41, 5.74) is 0.550. The smallest absolute Gasteiger partial charge is 0.253 e. The molecule has 4 heteroatoms. The molecule has 0 aliphatic heterocycles. The van der Waals surface area contributed by atoms with E-state index in [1.807, 2.05) is 42.5 Å². The highest BCUT2D eigenvalue weighted by atomic mass is 19.4. The average molecular weight is 363 g/mol. The Kier molecular flexibility index (Phi) is 4.19. The van der Waals surface area contributed by atoms with Crippen LogP contribution in [0.2, 0.25) is 0 Å². The van der Waals surface area contributed by atoms with Gasteiger partial charge in [0.05, 0.1) is 11.3 Å². The molecule has 0 amide bonds. The third kappa shape index (κ3) is 3.31. The first-order valence-electron chi connectivity index (χ1n) is 8.57. The van der Waals surface area contributed by atoms with E-state index in [0.717, 1.165) is 33.2 Å². The SMILES string of the molecule is CC(=Nc1ccccc1C(F)(F)F)c1ccc2c(ccc3ccccc32)c1. The van der Waals surface area contributed by atoms with Gasteiger partial charge >= 0.3 is 6.18 Å². The second kappa shape index (κ2) is 6.54. The molecule has 1 nitrogen and oxygen atoms in total. The predicted octanol–water partition coefficient (Wildman–Crippen LogP) is 7.15. The Morgan fingerprint density at radius 3 is 2.22 bits per heavy atom. The minimum absolute atomic E-state index is 0.0684. The molecule has 27 heavy (non-hydrogen) atoms. The molecular weight excluding hydrogens is 347 g/mol. The summed E-state index contributed by atoms with van der Waals surface area (Å²) in [6.45, 7) is 1.73. The normalized spacial score (nSPS) is 12.7. The van der Waals surface area contributed by atoms with E-state index in [9.17, 15) is 13.2 Å². The Balaban J connectivity index is 1.81. The zero-order valence-electron chi connectivity index (χ0n) is 14.6. The fourth-order valence-electron chi connectivity index (χ4n) is 3.29. The van der Waals surface area contributed by atoms with Crippen LogP contribution in [0.15, 0.2) is 83.9 Å². The Labute approximate surface area is 154 Å². The van der Waals surface area contributed by atoms with E-state index in [2.05, 4.69) is 17.1 Å². The fraction of sp³-hybridized carbons (Fsp3) is 0.0870. The maximum Gasteiger partial charge on any atom is 0.418 e. The summed E-state index contributed by atoms with van der Waals surface area (Å²) in [6, 6.07) is 23.5. The van der Waals surface area contributed by atoms with E-state index in [-0.39, 0.29) is 5.69 Å². The van der Waals surface area contributed by atoms with Crippen LogP contribution < -0.4 is 0 Å². The highest BCUT2D eigenvalue weighted by Crippen LogP contribution is 2.36. The summed E-state index contributed by atoms with van der Waals surface area (Å²) in [4.78, 5) is 4.26. The number of benzene rings is 4. The molecule has 4 aromatic rings. The van der Waals surface area contributed by atoms with Gasteiger partial charge in [0.15, 0.2) is 0 Å². The molecule has 0 saturated carbocycles. The van der Waals surface area contributed by atoms with E-state index in [1.54, 1.807) is 13.0 Å². The molecular formula is C23H16F3N. The zero-order valence-corrected chi connectivity index (χ0v) is 14.6. The molecule has 4 rings (SSSR count). The molecule has 0 bridgehead atoms. The molecule has 0 radical (unpaired) electrons. The maximum absolute atomic E-state index is 13.2. The van der Waals surface area contributed by atoms with Crippen LogP contribution in [-0.4, -0.2) is 5.71 Å². The second-order valence-corrected chi connectivity index (χ2v) is 6.43. The van der Waals surface area contributed by atoms with E-state index in [4.69, 9.17) is 0 Å². The van der Waals surface area contributed by atoms with E-state index >= 15 is 0 Å². The molecule has 0 aromatic heterocycles. The Morgan fingerprint density at radius 1 is 0.741 bits per heavy atom. The third-order valence-electron chi connectivity index (χ3n) is 4.66. The van der Waals surface area contributed by atoms with Crippen molar-refractivity contribution >= 4 is 32.9 Å². The van der Waals surface area contributed by atoms with E-state index in [0.29, 0.717) is 5.71 Å². The number of aliphatic imine (C=N–C) groups is 1. The van der Waals surface area contributed by atoms with Gasteiger partial charge in [-0.1, -0.05) is 60.7 Å². The molecule has 0 fully saturated rings. The highest BCUT2D eigenvalue weighted by molar-refractivity contribution is 6.10. The summed E-state index contributed by atoms with van der Waals surface area (Å²) in [5.74, 6) is 0. The van der Waals surface area contributed by atoms with Gasteiger partial charge < -0.3 is 0 Å². The maximum atomic E-state index is 13.2. The van der Waals surface area contributed by atoms with Crippen molar-refractivity contribution in [1.29, 1.82) is 0 Å². The quantitative estimate of drug-likeness (QED) is 0.265. The first-order chi connectivity index (χ1) is 12.9. The van der Waals surface area contributed by atoms with Crippen LogP contribution in [0, 0.1) is 0 Å². The molecule has 0 aliphatic rings. The molecule has 0 atom stereocenters. The number of nitrogens with zero attached hydrogens (tertiary/aromatic N) is 1. The lowest BCUT2D eigenvalue weighted by atomic mass is 9.99. The van der Waals surface area contributed by atoms with Gasteiger partial charge in [0, 0.05) is 5.71 Å². The number of para-hydroxylation sites is 1. The van der Waals surface area contributed by atoms with Crippen molar-refractivity contribution in [1.82, 2.24) is 0 Å². The van der Waals surface area contributed by atoms with Crippen LogP contribution >= 0.6 is 0 Å². The number of alkyl halides is 3. The molecule has 0 unspecified atom stereocenters. The summed E-state index contributed by atoms with van der Waals surface area (Å²) >= 11 is 0. The van der Waals surface area contributed by atoms with Crippen LogP contribution in [0.25, 0.3) is 21.5 Å². The highest BCUT2D eigenvalue weighted by Gasteiger charge is 2.33. The molecule has 0 heterocycles. The molecule has 0 N–H and O–H groups in total. The molecule has 0 spiro atoms. The van der Waals surface area contributed by atoms with Crippen molar-refractivity contribution in [2.24, 2.45) is 4.99 Å². The predicted molar refractivity (Wildman–Crippen MR) is 105 cm³/mol. The van der Waals surface area contributed by atoms with Crippen molar-refractivity contribution in [3.8, 4) is 0 Å². The summed E-state index contributed by atoms with van der Waals surface area (Å²) < 4.78 is 39.6. The van der Waals surface area contributed by atoms with Gasteiger partial charge in [0.25, 0.3) is 0 Å². The van der Waals surface area contributed by atoms with Gasteiger partial charge in [-0.2, -0.15) is 13.2 Å². The van der Waals surface area contributed by atoms with Crippen LogP contribution in [0.5, 0.6) is 0 Å². The number of fused-ring (bicyclic) bond motifs is 3. The topological polar surface area (TPSA) is 12.4 Å². The van der Waals surface area contributed by atoms with E-state index in [1.165, 1.54) is 12.1 Å². The van der Waals surface area contributed by atoms with Gasteiger partial charge in [-0.05, 0) is 52.2 Å². The Hall–Kier alpha value is -3.14. The number of halogens is 3. The summed E-state index contributed by atoms with van der Waals surface area (Å²) in [5, 5.41) is 4.45. The van der Waals surface area contributed by atoms with Crippen LogP contribution in [0.3, 0.4) is 0 Å². The van der Waals surface area contributed by atoms with Gasteiger partial charge in [-0.3, -0.25) is 4.99 Å². The Morgan fingerprint density at radius 2 is 1.41 bits per heavy atom. The lowest BCUT2D eigenvalue weighted by molar-refractivity contribution is -0.137. The van der Waals surface area contributed by atoms with Crippen molar-refractivity contribution < 1.29 is 13.2 Å². The minimum Gasteiger partial charge on any atom is -0.253 e. The lowest BCUT2D eigenvalue weighted by Gasteiger charge is -2.11. The molecule has 134 valence electrons. The van der Waals surface area contributed by atoms with Crippen molar-refractivity contribution in [3.05, 3.63) is 90.0 Å². The van der Waals surface area contributed by atoms with Crippen molar-refractivity contribution in [2.75, 3.05) is 0 Å². The molecule has 0 aliphatic carbocycles. The third-order valence-corrected chi connectivity index (χ3v) is 4.66. The fourth-order valence-corrected chi connectivity index (χ4v) is 3.29. The second-order valence-electron chi connectivity index (χ2n) is 6.43. The monoisotopic (exact) mass is 363 g/mol. The van der Waals surface area contributed by atoms with Crippen LogP contribution in [0.1, 0.15) is 18.1 Å². The largest absolute Gasteiger partial charge is 0.418 e. The lowest BCUT2D eigenvalue weighted by Crippen LogP contribution is -2.05. The number of hydrogen-bond acceptors (Lipinski definition) is 1. The van der Waals surface area contributed by atoms with Crippen LogP contribution in [0.4, 0.5) is 18.9 Å². The standard InChI is InChI=1S/C23H16F3N/c1-15(27-22-9-5-4-8-21(22)23(24,25)26)17-12-13-20-18(14-17)11-10-16-6-2-3-7-19(16)20/h2-14H,1H3. The molecule has 4 aromatic carbocycles. The summed E-state index contributed by atoms with van der Waals surface area (Å²) in [6.07, 6.45) is -4.43. The van der Waals surface area contributed by atoms with Crippen LogP contribution in [-0.2, 0) is 6.18 Å². The Bertz CT molecular complexity index is 1170. The van der Waals surface area contributed by atoms with Gasteiger partial charge in [0.1, 0.15) is 0 Å². The van der Waals surface area contributed by atoms with Gasteiger partial charge in [-0.25, -0.2) is 0 Å². The molecule has 0 saturated heterocycles. The summed E-state index contributed by atoms with van der Waals surface area (Å²) in [7, 11) is 0. The first kappa shape index (κ1) is 17.3.